The normalized spacial score (nSPS) is 20.1. The van der Waals surface area contributed by atoms with Crippen LogP contribution in [0.4, 0.5) is 0 Å². The molecule has 0 aliphatic rings. The van der Waals surface area contributed by atoms with Crippen LogP contribution in [-0.4, -0.2) is 46.6 Å². The van der Waals surface area contributed by atoms with Crippen molar-refractivity contribution in [1.82, 2.24) is 0 Å². The van der Waals surface area contributed by atoms with Crippen molar-refractivity contribution in [3.63, 3.8) is 0 Å². The smallest absolute Gasteiger partial charge is 0.335 e. The predicted octanol–water partition coefficient (Wildman–Crippen LogP) is 3.54. The van der Waals surface area contributed by atoms with Crippen LogP contribution >= 0.6 is 0 Å². The van der Waals surface area contributed by atoms with E-state index in [2.05, 4.69) is 4.99 Å². The molecule has 5 atom stereocenters. The fraction of sp³-hybridized carbons (Fsp3) is 0.850. The van der Waals surface area contributed by atoms with Gasteiger partial charge in [-0.1, -0.05) is 20.8 Å². The summed E-state index contributed by atoms with van der Waals surface area (Å²) < 4.78 is 11.3. The van der Waals surface area contributed by atoms with E-state index in [1.54, 1.807) is 13.8 Å². The van der Waals surface area contributed by atoms with E-state index >= 15 is 0 Å². The molecule has 0 fully saturated rings. The zero-order chi connectivity index (χ0) is 20.7. The van der Waals surface area contributed by atoms with Crippen LogP contribution in [0.15, 0.2) is 4.99 Å². The number of rotatable bonds is 10. The highest BCUT2D eigenvalue weighted by Crippen LogP contribution is 2.32. The number of aliphatic hydroxyl groups is 1. The maximum Gasteiger partial charge on any atom is 0.335 e. The first kappa shape index (κ1) is 24.6. The van der Waals surface area contributed by atoms with E-state index < -0.39 is 35.2 Å². The summed E-state index contributed by atoms with van der Waals surface area (Å²) in [6.45, 7) is 16.3. The van der Waals surface area contributed by atoms with Gasteiger partial charge in [0, 0.05) is 18.2 Å². The lowest BCUT2D eigenvalue weighted by Crippen LogP contribution is -2.47. The third kappa shape index (κ3) is 6.71. The standard InChI is InChI=1S/C20H37NO5/c1-10-19(8,14(5)12-21-13(3)4)25-17(23)15(6)20(9,11-2)26-18(24)16(7)22/h12-16,22H,10-11H2,1-9H3/b21-12+. The zero-order valence-corrected chi connectivity index (χ0v) is 17.8. The zero-order valence-electron chi connectivity index (χ0n) is 17.8. The quantitative estimate of drug-likeness (QED) is 0.469. The summed E-state index contributed by atoms with van der Waals surface area (Å²) >= 11 is 0. The second kappa shape index (κ2) is 10.0. The summed E-state index contributed by atoms with van der Waals surface area (Å²) in [5.41, 5.74) is -1.75. The summed E-state index contributed by atoms with van der Waals surface area (Å²) in [6, 6.07) is 0.177. The average molecular weight is 372 g/mol. The van der Waals surface area contributed by atoms with Crippen LogP contribution < -0.4 is 0 Å². The van der Waals surface area contributed by atoms with Gasteiger partial charge in [-0.25, -0.2) is 4.79 Å². The molecule has 0 heterocycles. The van der Waals surface area contributed by atoms with Crippen LogP contribution in [0.2, 0.25) is 0 Å². The number of aliphatic imine (C=N–C) groups is 1. The fourth-order valence-corrected chi connectivity index (χ4v) is 2.30. The van der Waals surface area contributed by atoms with Gasteiger partial charge in [0.2, 0.25) is 0 Å². The van der Waals surface area contributed by atoms with Crippen molar-refractivity contribution in [2.45, 2.75) is 98.5 Å². The Kier molecular flexibility index (Phi) is 9.49. The van der Waals surface area contributed by atoms with Crippen LogP contribution in [0.5, 0.6) is 0 Å². The fourth-order valence-electron chi connectivity index (χ4n) is 2.30. The molecule has 0 aromatic heterocycles. The number of carbonyl (C=O) groups excluding carboxylic acids is 2. The highest BCUT2D eigenvalue weighted by molar-refractivity contribution is 5.77. The third-order valence-corrected chi connectivity index (χ3v) is 5.25. The van der Waals surface area contributed by atoms with E-state index in [-0.39, 0.29) is 12.0 Å². The number of hydrogen-bond acceptors (Lipinski definition) is 6. The monoisotopic (exact) mass is 371 g/mol. The van der Waals surface area contributed by atoms with Crippen molar-refractivity contribution in [1.29, 1.82) is 0 Å². The van der Waals surface area contributed by atoms with Crippen LogP contribution in [0.1, 0.15) is 75.2 Å². The van der Waals surface area contributed by atoms with Gasteiger partial charge in [-0.15, -0.1) is 0 Å². The summed E-state index contributed by atoms with van der Waals surface area (Å²) in [6.07, 6.45) is 1.65. The van der Waals surface area contributed by atoms with Crippen molar-refractivity contribution >= 4 is 18.2 Å². The van der Waals surface area contributed by atoms with Crippen molar-refractivity contribution in [3.8, 4) is 0 Å². The van der Waals surface area contributed by atoms with Crippen LogP contribution in [0.25, 0.3) is 0 Å². The molecule has 0 rings (SSSR count). The molecule has 26 heavy (non-hydrogen) atoms. The second-order valence-electron chi connectivity index (χ2n) is 7.75. The van der Waals surface area contributed by atoms with Gasteiger partial charge in [-0.05, 0) is 54.4 Å². The third-order valence-electron chi connectivity index (χ3n) is 5.25. The highest BCUT2D eigenvalue weighted by Gasteiger charge is 2.43. The summed E-state index contributed by atoms with van der Waals surface area (Å²) in [5, 5.41) is 9.40. The van der Waals surface area contributed by atoms with Gasteiger partial charge in [0.15, 0.2) is 0 Å². The van der Waals surface area contributed by atoms with Crippen LogP contribution in [0, 0.1) is 11.8 Å². The molecule has 5 unspecified atom stereocenters. The van der Waals surface area contributed by atoms with E-state index in [1.807, 2.05) is 47.8 Å². The summed E-state index contributed by atoms with van der Waals surface area (Å²) in [7, 11) is 0. The van der Waals surface area contributed by atoms with Crippen LogP contribution in [0.3, 0.4) is 0 Å². The second-order valence-corrected chi connectivity index (χ2v) is 7.75. The number of nitrogens with zero attached hydrogens (tertiary/aromatic N) is 1. The Morgan fingerprint density at radius 3 is 1.81 bits per heavy atom. The SMILES string of the molecule is CCC(C)(OC(=O)C(C)C(C)(CC)OC(=O)C(C)O)C(C)/C=N/C(C)C. The van der Waals surface area contributed by atoms with Gasteiger partial charge in [-0.2, -0.15) is 0 Å². The molecule has 0 radical (unpaired) electrons. The van der Waals surface area contributed by atoms with E-state index in [9.17, 15) is 14.7 Å². The molecule has 0 saturated heterocycles. The summed E-state index contributed by atoms with van der Waals surface area (Å²) in [4.78, 5) is 29.0. The Hall–Kier alpha value is -1.43. The van der Waals surface area contributed by atoms with Gasteiger partial charge >= 0.3 is 11.9 Å². The number of ether oxygens (including phenoxy) is 2. The average Bonchev–Trinajstić information content (AvgIpc) is 2.57. The molecule has 0 bridgehead atoms. The molecular weight excluding hydrogens is 334 g/mol. The molecule has 1 N–H and O–H groups in total. The van der Waals surface area contributed by atoms with Gasteiger partial charge < -0.3 is 14.6 Å². The molecular formula is C20H37NO5. The molecule has 0 amide bonds. The van der Waals surface area contributed by atoms with Crippen LogP contribution in [-0.2, 0) is 19.1 Å². The minimum absolute atomic E-state index is 0.0565. The molecule has 0 aliphatic carbocycles. The van der Waals surface area contributed by atoms with Gasteiger partial charge in [0.05, 0.1) is 5.92 Å². The molecule has 6 heteroatoms. The van der Waals surface area contributed by atoms with Crippen molar-refractivity contribution in [2.75, 3.05) is 0 Å². The van der Waals surface area contributed by atoms with E-state index in [1.165, 1.54) is 6.92 Å². The number of aliphatic hydroxyl groups excluding tert-OH is 1. The highest BCUT2D eigenvalue weighted by atomic mass is 16.6. The molecule has 0 saturated carbocycles. The lowest BCUT2D eigenvalue weighted by molar-refractivity contribution is -0.187. The Morgan fingerprint density at radius 1 is 0.962 bits per heavy atom. The first-order valence-electron chi connectivity index (χ1n) is 9.50. The largest absolute Gasteiger partial charge is 0.458 e. The molecule has 6 nitrogen and oxygen atoms in total. The number of esters is 2. The Labute approximate surface area is 158 Å². The van der Waals surface area contributed by atoms with Gasteiger partial charge in [0.1, 0.15) is 17.3 Å². The Balaban J connectivity index is 5.32. The first-order chi connectivity index (χ1) is 11.8. The van der Waals surface area contributed by atoms with E-state index in [0.717, 1.165) is 0 Å². The van der Waals surface area contributed by atoms with Crippen molar-refractivity contribution in [3.05, 3.63) is 0 Å². The molecule has 0 aromatic rings. The van der Waals surface area contributed by atoms with E-state index in [0.29, 0.717) is 12.8 Å². The lowest BCUT2D eigenvalue weighted by atomic mass is 9.86. The molecule has 152 valence electrons. The molecule has 0 spiro atoms. The number of hydrogen-bond donors (Lipinski definition) is 1. The van der Waals surface area contributed by atoms with Gasteiger partial charge in [-0.3, -0.25) is 9.79 Å². The Bertz CT molecular complexity index is 502. The topological polar surface area (TPSA) is 85.2 Å². The molecule has 0 aromatic carbocycles. The maximum absolute atomic E-state index is 12.8. The maximum atomic E-state index is 12.8. The Morgan fingerprint density at radius 2 is 1.42 bits per heavy atom. The molecule has 0 aliphatic heterocycles. The minimum atomic E-state index is -1.24. The minimum Gasteiger partial charge on any atom is -0.458 e. The van der Waals surface area contributed by atoms with Gasteiger partial charge in [0.25, 0.3) is 0 Å². The predicted molar refractivity (Wildman–Crippen MR) is 103 cm³/mol. The summed E-state index contributed by atoms with van der Waals surface area (Å²) in [5.74, 6) is -1.90. The van der Waals surface area contributed by atoms with Crippen molar-refractivity contribution < 1.29 is 24.2 Å². The van der Waals surface area contributed by atoms with Crippen molar-refractivity contribution in [2.24, 2.45) is 16.8 Å². The van der Waals surface area contributed by atoms with E-state index in [4.69, 9.17) is 9.47 Å². The lowest BCUT2D eigenvalue weighted by Gasteiger charge is -2.38. The number of carbonyl (C=O) groups is 2. The first-order valence-corrected chi connectivity index (χ1v) is 9.50.